The molecule has 0 saturated carbocycles. The van der Waals surface area contributed by atoms with Gasteiger partial charge in [-0.15, -0.1) is 0 Å². The first-order chi connectivity index (χ1) is 17.6. The topological polar surface area (TPSA) is 107 Å². The van der Waals surface area contributed by atoms with Crippen molar-refractivity contribution in [1.29, 1.82) is 0 Å². The smallest absolute Gasteiger partial charge is 0.364 e. The molecule has 37 heavy (non-hydrogen) atoms. The summed E-state index contributed by atoms with van der Waals surface area (Å²) in [6.45, 7) is 1.82. The molecule has 3 aromatic heterocycles. The molecule has 192 valence electrons. The highest BCUT2D eigenvalue weighted by molar-refractivity contribution is 5.96. The van der Waals surface area contributed by atoms with Gasteiger partial charge in [0.2, 0.25) is 12.3 Å². The van der Waals surface area contributed by atoms with Crippen LogP contribution in [0, 0.1) is 13.8 Å². The van der Waals surface area contributed by atoms with Crippen LogP contribution in [0.5, 0.6) is 0 Å². The maximum absolute atomic E-state index is 12.5. The molecule has 0 spiro atoms. The summed E-state index contributed by atoms with van der Waals surface area (Å²) in [6, 6.07) is 8.77. The lowest BCUT2D eigenvalue weighted by atomic mass is 10.1. The molecule has 0 radical (unpaired) electrons. The van der Waals surface area contributed by atoms with E-state index in [1.54, 1.807) is 69.8 Å². The van der Waals surface area contributed by atoms with Gasteiger partial charge in [-0.1, -0.05) is 12.1 Å². The highest BCUT2D eigenvalue weighted by Gasteiger charge is 2.28. The zero-order valence-corrected chi connectivity index (χ0v) is 20.3. The van der Waals surface area contributed by atoms with Crippen LogP contribution in [-0.4, -0.2) is 58.8 Å². The molecule has 0 fully saturated rings. The van der Waals surface area contributed by atoms with Crippen molar-refractivity contribution in [2.45, 2.75) is 20.0 Å². The number of anilines is 3. The molecular weight excluding hydrogens is 487 g/mol. The summed E-state index contributed by atoms with van der Waals surface area (Å²) in [5.41, 5.74) is 4.96. The highest BCUT2D eigenvalue weighted by Crippen LogP contribution is 2.38. The summed E-state index contributed by atoms with van der Waals surface area (Å²) >= 11 is 0. The molecular formula is C25H24F3N7O2. The fourth-order valence-electron chi connectivity index (χ4n) is 4.08. The lowest BCUT2D eigenvalue weighted by Gasteiger charge is -2.29. The Morgan fingerprint density at radius 1 is 1.11 bits per heavy atom. The monoisotopic (exact) mass is 511 g/mol. The number of fused-ring (bicyclic) bond motifs is 1. The molecule has 0 saturated heterocycles. The van der Waals surface area contributed by atoms with Crippen molar-refractivity contribution in [3.63, 3.8) is 0 Å². The first kappa shape index (κ1) is 25.6. The fourth-order valence-corrected chi connectivity index (χ4v) is 4.08. The number of H-pyrrole nitrogens is 1. The first-order valence-electron chi connectivity index (χ1n) is 11.2. The molecule has 0 aliphatic rings. The third-order valence-corrected chi connectivity index (χ3v) is 5.80. The molecule has 0 unspecified atom stereocenters. The van der Waals surface area contributed by atoms with Gasteiger partial charge in [0.15, 0.2) is 0 Å². The van der Waals surface area contributed by atoms with E-state index in [9.17, 15) is 22.8 Å². The number of hydrogen-bond donors (Lipinski definition) is 2. The van der Waals surface area contributed by atoms with E-state index in [0.29, 0.717) is 34.9 Å². The van der Waals surface area contributed by atoms with Crippen LogP contribution in [-0.2, 0) is 9.59 Å². The summed E-state index contributed by atoms with van der Waals surface area (Å²) in [5.74, 6) is -0.797. The molecule has 4 rings (SSSR count). The van der Waals surface area contributed by atoms with Gasteiger partial charge in [-0.3, -0.25) is 29.6 Å². The van der Waals surface area contributed by atoms with Gasteiger partial charge in [0.05, 0.1) is 52.9 Å². The zero-order valence-electron chi connectivity index (χ0n) is 20.3. The number of carbonyl (C=O) groups is 2. The Balaban J connectivity index is 1.66. The molecule has 4 aromatic rings. The maximum Gasteiger partial charge on any atom is 0.405 e. The molecule has 2 amide bonds. The summed E-state index contributed by atoms with van der Waals surface area (Å²) < 4.78 is 37.4. The van der Waals surface area contributed by atoms with Crippen LogP contribution in [0.15, 0.2) is 48.9 Å². The van der Waals surface area contributed by atoms with E-state index in [-0.39, 0.29) is 6.54 Å². The van der Waals surface area contributed by atoms with Crippen molar-refractivity contribution in [3.8, 4) is 11.3 Å². The number of rotatable bonds is 8. The molecule has 1 aromatic carbocycles. The number of aromatic nitrogens is 4. The van der Waals surface area contributed by atoms with Gasteiger partial charge >= 0.3 is 6.18 Å². The molecule has 0 aliphatic heterocycles. The van der Waals surface area contributed by atoms with Crippen molar-refractivity contribution >= 4 is 40.3 Å². The van der Waals surface area contributed by atoms with Crippen LogP contribution in [0.3, 0.4) is 0 Å². The van der Waals surface area contributed by atoms with E-state index in [2.05, 4.69) is 15.2 Å². The third-order valence-electron chi connectivity index (χ3n) is 5.80. The number of hydrogen-bond acceptors (Lipinski definition) is 6. The quantitative estimate of drug-likeness (QED) is 0.346. The normalized spacial score (nSPS) is 11.4. The van der Waals surface area contributed by atoms with Crippen molar-refractivity contribution < 1.29 is 22.8 Å². The van der Waals surface area contributed by atoms with E-state index >= 15 is 0 Å². The maximum atomic E-state index is 12.5. The Morgan fingerprint density at radius 2 is 1.89 bits per heavy atom. The van der Waals surface area contributed by atoms with E-state index < -0.39 is 18.6 Å². The van der Waals surface area contributed by atoms with Crippen molar-refractivity contribution in [3.05, 3.63) is 60.2 Å². The lowest BCUT2D eigenvalue weighted by molar-refractivity contribution is -0.137. The number of aromatic amines is 1. The molecule has 2 N–H and O–H groups in total. The second-order valence-electron chi connectivity index (χ2n) is 8.49. The van der Waals surface area contributed by atoms with Gasteiger partial charge in [0, 0.05) is 24.2 Å². The molecule has 3 heterocycles. The van der Waals surface area contributed by atoms with Gasteiger partial charge in [-0.25, -0.2) is 0 Å². The van der Waals surface area contributed by atoms with Gasteiger partial charge in [-0.05, 0) is 37.6 Å². The number of likely N-dealkylation sites (N-methyl/N-ethyl adjacent to an activating group) is 1. The molecule has 9 nitrogen and oxygen atoms in total. The Kier molecular flexibility index (Phi) is 7.09. The largest absolute Gasteiger partial charge is 0.405 e. The van der Waals surface area contributed by atoms with Crippen molar-refractivity contribution in [2.75, 3.05) is 29.9 Å². The number of halogens is 3. The van der Waals surface area contributed by atoms with Crippen LogP contribution in [0.1, 0.15) is 11.3 Å². The van der Waals surface area contributed by atoms with Crippen molar-refractivity contribution in [1.82, 2.24) is 25.5 Å². The van der Waals surface area contributed by atoms with Crippen molar-refractivity contribution in [2.24, 2.45) is 0 Å². The fraction of sp³-hybridized carbons (Fsp3) is 0.240. The molecule has 0 aliphatic carbocycles. The van der Waals surface area contributed by atoms with E-state index in [4.69, 9.17) is 4.98 Å². The summed E-state index contributed by atoms with van der Waals surface area (Å²) in [5, 5.41) is 9.64. The Hall–Kier alpha value is -4.48. The molecule has 12 heteroatoms. The Labute approximate surface area is 210 Å². The predicted molar refractivity (Wildman–Crippen MR) is 134 cm³/mol. The minimum atomic E-state index is -4.51. The Bertz CT molecular complexity index is 1450. The van der Waals surface area contributed by atoms with Crippen LogP contribution in [0.25, 0.3) is 22.2 Å². The second-order valence-corrected chi connectivity index (χ2v) is 8.49. The number of nitrogens with zero attached hydrogens (tertiary/aromatic N) is 5. The van der Waals surface area contributed by atoms with Gasteiger partial charge in [0.25, 0.3) is 0 Å². The minimum absolute atomic E-state index is 0.336. The number of para-hydroxylation sites is 1. The first-order valence-corrected chi connectivity index (χ1v) is 11.2. The van der Waals surface area contributed by atoms with E-state index in [1.807, 2.05) is 5.32 Å². The highest BCUT2D eigenvalue weighted by atomic mass is 19.4. The number of alkyl halides is 3. The summed E-state index contributed by atoms with van der Waals surface area (Å²) in [7, 11) is 1.57. The minimum Gasteiger partial charge on any atom is -0.364 e. The SMILES string of the molecule is Cc1cccc(N(C)CC(=O)NCC(F)(F)F)c1N(C=O)c1ccc(-c2cncc3[nH]ncc23)nc1C. The molecule has 0 bridgehead atoms. The van der Waals surface area contributed by atoms with E-state index in [0.717, 1.165) is 22.0 Å². The standard InChI is InChI=1S/C25H24F3N7O2/c1-15-5-4-6-22(34(3)12-23(37)30-13-25(26,27)28)24(15)35(14-36)21-8-7-19(32-16(21)2)17-9-29-11-20-18(17)10-31-33-20/h4-11,14H,12-13H2,1-3H3,(H,30,37)(H,31,33). The number of benzene rings is 1. The van der Waals surface area contributed by atoms with Gasteiger partial charge in [-0.2, -0.15) is 18.3 Å². The van der Waals surface area contributed by atoms with Gasteiger partial charge in [0.1, 0.15) is 6.54 Å². The zero-order chi connectivity index (χ0) is 26.7. The number of nitrogens with one attached hydrogen (secondary N) is 2. The Morgan fingerprint density at radius 3 is 2.59 bits per heavy atom. The van der Waals surface area contributed by atoms with E-state index in [1.165, 1.54) is 9.80 Å². The number of pyridine rings is 2. The summed E-state index contributed by atoms with van der Waals surface area (Å²) in [4.78, 5) is 36.3. The predicted octanol–water partition coefficient (Wildman–Crippen LogP) is 4.05. The third kappa shape index (κ3) is 5.52. The van der Waals surface area contributed by atoms with Gasteiger partial charge < -0.3 is 10.2 Å². The van der Waals surface area contributed by atoms with Crippen LogP contribution >= 0.6 is 0 Å². The van der Waals surface area contributed by atoms with Crippen LogP contribution in [0.2, 0.25) is 0 Å². The summed E-state index contributed by atoms with van der Waals surface area (Å²) in [6.07, 6.45) is 1.18. The lowest BCUT2D eigenvalue weighted by Crippen LogP contribution is -2.40. The second kappa shape index (κ2) is 10.2. The molecule has 0 atom stereocenters. The number of carbonyl (C=O) groups excluding carboxylic acids is 2. The van der Waals surface area contributed by atoms with Crippen LogP contribution in [0.4, 0.5) is 30.2 Å². The average molecular weight is 512 g/mol. The number of amides is 2. The number of aryl methyl sites for hydroxylation is 2. The van der Waals surface area contributed by atoms with Crippen LogP contribution < -0.4 is 15.1 Å². The average Bonchev–Trinajstić information content (AvgIpc) is 3.33.